The van der Waals surface area contributed by atoms with Crippen LogP contribution in [-0.2, 0) is 25.6 Å². The van der Waals surface area contributed by atoms with Crippen molar-refractivity contribution in [2.24, 2.45) is 5.92 Å². The number of ether oxygens (including phenoxy) is 2. The molecule has 0 bridgehead atoms. The molecule has 2 N–H and O–H groups in total. The van der Waals surface area contributed by atoms with E-state index in [1.54, 1.807) is 40.0 Å². The van der Waals surface area contributed by atoms with Gasteiger partial charge in [0.2, 0.25) is 11.8 Å². The van der Waals surface area contributed by atoms with Crippen LogP contribution in [-0.4, -0.2) is 125 Å². The largest absolute Gasteiger partial charge is 0.379 e. The molecule has 5 aliphatic heterocycles. The number of nitrogens with zero attached hydrogens (tertiary/aromatic N) is 7. The van der Waals surface area contributed by atoms with Gasteiger partial charge < -0.3 is 29.5 Å². The van der Waals surface area contributed by atoms with Crippen molar-refractivity contribution >= 4 is 58.2 Å². The number of rotatable bonds is 10. The fourth-order valence-corrected chi connectivity index (χ4v) is 8.37. The molecule has 57 heavy (non-hydrogen) atoms. The van der Waals surface area contributed by atoms with Gasteiger partial charge in [0.05, 0.1) is 48.5 Å². The first-order chi connectivity index (χ1) is 27.7. The summed E-state index contributed by atoms with van der Waals surface area (Å²) in [6, 6.07) is 9.72. The maximum Gasteiger partial charge on any atom is 0.262 e. The van der Waals surface area contributed by atoms with Gasteiger partial charge >= 0.3 is 0 Å². The molecule has 6 amide bonds. The molecule has 0 spiro atoms. The zero-order valence-electron chi connectivity index (χ0n) is 31.1. The molecule has 7 heterocycles. The smallest absolute Gasteiger partial charge is 0.262 e. The van der Waals surface area contributed by atoms with Gasteiger partial charge in [-0.1, -0.05) is 0 Å². The molecule has 3 fully saturated rings. The Bertz CT molecular complexity index is 2310. The van der Waals surface area contributed by atoms with Crippen molar-refractivity contribution < 1.29 is 38.2 Å². The second kappa shape index (κ2) is 15.0. The van der Waals surface area contributed by atoms with Crippen LogP contribution in [0.4, 0.5) is 17.1 Å². The van der Waals surface area contributed by atoms with Crippen LogP contribution in [0.15, 0.2) is 55.0 Å². The number of fused-ring (bicyclic) bond motifs is 3. The quantitative estimate of drug-likeness (QED) is 0.177. The molecule has 17 heteroatoms. The third-order valence-corrected chi connectivity index (χ3v) is 11.5. The third-order valence-electron chi connectivity index (χ3n) is 11.5. The summed E-state index contributed by atoms with van der Waals surface area (Å²) in [4.78, 5) is 89.0. The Morgan fingerprint density at radius 1 is 0.912 bits per heavy atom. The van der Waals surface area contributed by atoms with Crippen molar-refractivity contribution in [1.29, 1.82) is 0 Å². The lowest BCUT2D eigenvalue weighted by Gasteiger charge is -2.33. The number of benzene rings is 2. The first-order valence-corrected chi connectivity index (χ1v) is 19.3. The van der Waals surface area contributed by atoms with Crippen LogP contribution < -0.4 is 20.4 Å². The van der Waals surface area contributed by atoms with Gasteiger partial charge in [-0.3, -0.25) is 39.0 Å². The molecule has 9 rings (SSSR count). The lowest BCUT2D eigenvalue weighted by atomic mass is 9.97. The van der Waals surface area contributed by atoms with E-state index in [1.807, 2.05) is 18.2 Å². The summed E-state index contributed by atoms with van der Waals surface area (Å²) >= 11 is 0. The van der Waals surface area contributed by atoms with E-state index in [-0.39, 0.29) is 35.8 Å². The molecule has 1 unspecified atom stereocenters. The molecule has 4 aromatic rings. The van der Waals surface area contributed by atoms with Gasteiger partial charge in [-0.25, -0.2) is 9.50 Å². The van der Waals surface area contributed by atoms with E-state index in [0.29, 0.717) is 81.0 Å². The standard InChI is InChI=1S/C40H41N9O8/c50-34-5-4-32(37(52)44-34)49-39(54)27-3-2-26(19-29(27)40(49)55)45-10-6-24(7-11-45)23-57-17-14-47-22-25-18-31(33(20-28(25)38(47)53)46-12-15-56-16-13-46)43-36(51)30-21-42-48-9-1-8-41-35(30)48/h1-3,8-9,18-21,24,32H,4-7,10-17,22-23H2,(H,43,51)(H,44,50,52). The Morgan fingerprint density at radius 3 is 2.53 bits per heavy atom. The van der Waals surface area contributed by atoms with Crippen LogP contribution in [0.2, 0.25) is 0 Å². The number of morpholine rings is 1. The molecule has 17 nitrogen and oxygen atoms in total. The zero-order chi connectivity index (χ0) is 39.2. The van der Waals surface area contributed by atoms with Crippen molar-refractivity contribution in [3.05, 3.63) is 82.8 Å². The second-order valence-electron chi connectivity index (χ2n) is 14.9. The highest BCUT2D eigenvalue weighted by molar-refractivity contribution is 6.23. The second-order valence-corrected chi connectivity index (χ2v) is 14.9. The molecular weight excluding hydrogens is 734 g/mol. The van der Waals surface area contributed by atoms with E-state index < -0.39 is 29.7 Å². The lowest BCUT2D eigenvalue weighted by molar-refractivity contribution is -0.136. The Morgan fingerprint density at radius 2 is 1.72 bits per heavy atom. The first kappa shape index (κ1) is 36.4. The molecule has 1 atom stereocenters. The minimum atomic E-state index is -0.998. The van der Waals surface area contributed by atoms with Crippen molar-refractivity contribution in [2.45, 2.75) is 38.3 Å². The average Bonchev–Trinajstić information content (AvgIpc) is 3.87. The minimum absolute atomic E-state index is 0.0724. The van der Waals surface area contributed by atoms with Crippen molar-refractivity contribution in [1.82, 2.24) is 29.7 Å². The summed E-state index contributed by atoms with van der Waals surface area (Å²) < 4.78 is 13.2. The summed E-state index contributed by atoms with van der Waals surface area (Å²) in [6.45, 7) is 5.59. The van der Waals surface area contributed by atoms with Gasteiger partial charge in [0, 0.05) is 75.9 Å². The number of hydrogen-bond donors (Lipinski definition) is 2. The number of nitrogens with one attached hydrogen (secondary N) is 2. The molecule has 0 aliphatic carbocycles. The minimum Gasteiger partial charge on any atom is -0.379 e. The Kier molecular flexibility index (Phi) is 9.61. The number of amides is 6. The van der Waals surface area contributed by atoms with Gasteiger partial charge in [-0.05, 0) is 67.1 Å². The number of aromatic nitrogens is 3. The van der Waals surface area contributed by atoms with E-state index in [9.17, 15) is 28.8 Å². The first-order valence-electron chi connectivity index (χ1n) is 19.3. The number of imide groups is 2. The summed E-state index contributed by atoms with van der Waals surface area (Å²) in [6.07, 6.45) is 6.76. The highest BCUT2D eigenvalue weighted by Crippen LogP contribution is 2.36. The average molecular weight is 776 g/mol. The van der Waals surface area contributed by atoms with Gasteiger partial charge in [0.1, 0.15) is 11.6 Å². The Labute approximate surface area is 326 Å². The number of piperidine rings is 2. The van der Waals surface area contributed by atoms with Gasteiger partial charge in [0.25, 0.3) is 23.6 Å². The molecular formula is C40H41N9O8. The van der Waals surface area contributed by atoms with E-state index in [0.717, 1.165) is 47.8 Å². The lowest BCUT2D eigenvalue weighted by Crippen LogP contribution is -2.54. The van der Waals surface area contributed by atoms with Crippen molar-refractivity contribution in [3.63, 3.8) is 0 Å². The summed E-state index contributed by atoms with van der Waals surface area (Å²) in [7, 11) is 0. The highest BCUT2D eigenvalue weighted by atomic mass is 16.5. The van der Waals surface area contributed by atoms with Crippen LogP contribution in [0, 0.1) is 5.92 Å². The van der Waals surface area contributed by atoms with E-state index >= 15 is 0 Å². The van der Waals surface area contributed by atoms with Gasteiger partial charge in [-0.15, -0.1) is 0 Å². The third kappa shape index (κ3) is 6.86. The van der Waals surface area contributed by atoms with Crippen LogP contribution in [0.25, 0.3) is 5.65 Å². The Balaban J connectivity index is 0.785. The molecule has 294 valence electrons. The highest BCUT2D eigenvalue weighted by Gasteiger charge is 2.45. The normalized spacial score (nSPS) is 20.1. The van der Waals surface area contributed by atoms with Crippen molar-refractivity contribution in [2.75, 3.05) is 74.3 Å². The predicted molar refractivity (Wildman–Crippen MR) is 204 cm³/mol. The topological polar surface area (TPSA) is 188 Å². The fraction of sp³-hybridized carbons (Fsp3) is 0.400. The van der Waals surface area contributed by atoms with Gasteiger partial charge in [-0.2, -0.15) is 5.10 Å². The number of carbonyl (C=O) groups excluding carboxylic acids is 6. The van der Waals surface area contributed by atoms with Crippen LogP contribution in [0.5, 0.6) is 0 Å². The molecule has 0 saturated carbocycles. The monoisotopic (exact) mass is 775 g/mol. The van der Waals surface area contributed by atoms with Crippen LogP contribution >= 0.6 is 0 Å². The maximum atomic E-state index is 13.6. The molecule has 0 radical (unpaired) electrons. The zero-order valence-corrected chi connectivity index (χ0v) is 31.1. The Hall–Kier alpha value is -6.20. The molecule has 5 aliphatic rings. The summed E-state index contributed by atoms with van der Waals surface area (Å²) in [5.74, 6) is -2.16. The summed E-state index contributed by atoms with van der Waals surface area (Å²) in [5.41, 5.74) is 4.99. The number of hydrogen-bond acceptors (Lipinski definition) is 12. The van der Waals surface area contributed by atoms with E-state index in [1.165, 1.54) is 6.20 Å². The number of carbonyl (C=O) groups is 6. The van der Waals surface area contributed by atoms with E-state index in [2.05, 4.69) is 30.5 Å². The fourth-order valence-electron chi connectivity index (χ4n) is 8.37. The molecule has 3 saturated heterocycles. The van der Waals surface area contributed by atoms with Gasteiger partial charge in [0.15, 0.2) is 5.65 Å². The predicted octanol–water partition coefficient (Wildman–Crippen LogP) is 2.11. The van der Waals surface area contributed by atoms with E-state index in [4.69, 9.17) is 9.47 Å². The molecule has 2 aromatic carbocycles. The SMILES string of the molecule is O=C1CCC(N2C(=O)c3ccc(N4CCC(COCCN5Cc6cc(NC(=O)c7cnn8cccnc78)c(N7CCOCC7)cc6C5=O)CC4)cc3C2=O)C(=O)N1. The maximum absolute atomic E-state index is 13.6. The summed E-state index contributed by atoms with van der Waals surface area (Å²) in [5, 5.41) is 9.54. The van der Waals surface area contributed by atoms with Crippen LogP contribution in [0.3, 0.4) is 0 Å². The van der Waals surface area contributed by atoms with Crippen LogP contribution in [0.1, 0.15) is 72.7 Å². The van der Waals surface area contributed by atoms with Crippen molar-refractivity contribution in [3.8, 4) is 0 Å². The molecule has 2 aromatic heterocycles. The number of anilines is 3.